The average molecular weight is 436 g/mol. The van der Waals surface area contributed by atoms with Crippen molar-refractivity contribution in [1.29, 1.82) is 0 Å². The van der Waals surface area contributed by atoms with E-state index in [4.69, 9.17) is 9.66 Å². The largest absolute Gasteiger partial charge is 0.480 e. The number of carboxylic acid groups (broad SMARTS) is 1. The molecule has 0 aliphatic rings. The molecule has 0 aromatic rings. The Morgan fingerprint density at radius 3 is 2.39 bits per heavy atom. The van der Waals surface area contributed by atoms with Crippen molar-refractivity contribution in [3.05, 3.63) is 12.2 Å². The molecule has 11 heteroatoms. The summed E-state index contributed by atoms with van der Waals surface area (Å²) in [6.07, 6.45) is 3.57. The van der Waals surface area contributed by atoms with Gasteiger partial charge in [0.2, 0.25) is 17.7 Å². The number of amides is 3. The van der Waals surface area contributed by atoms with Gasteiger partial charge in [0.05, 0.1) is 5.75 Å². The van der Waals surface area contributed by atoms with Crippen molar-refractivity contribution in [2.75, 3.05) is 38.2 Å². The minimum absolute atomic E-state index is 0.172. The molecule has 0 saturated carbocycles. The number of aliphatic carboxylic acids is 1. The molecule has 0 aliphatic carbocycles. The van der Waals surface area contributed by atoms with E-state index in [1.165, 1.54) is 35.9 Å². The molecular weight excluding hydrogens is 406 g/mol. The van der Waals surface area contributed by atoms with Crippen LogP contribution in [0.5, 0.6) is 0 Å². The van der Waals surface area contributed by atoms with Crippen LogP contribution in [0.15, 0.2) is 12.2 Å². The maximum Gasteiger partial charge on any atom is 0.323 e. The first-order valence-corrected chi connectivity index (χ1v) is 10.6. The Morgan fingerprint density at radius 2 is 1.79 bits per heavy atom. The smallest absolute Gasteiger partial charge is 0.323 e. The van der Waals surface area contributed by atoms with Crippen molar-refractivity contribution >= 4 is 47.5 Å². The summed E-state index contributed by atoms with van der Waals surface area (Å²) in [6.45, 7) is 4.10. The number of hydrogen-bond donors (Lipinski definition) is 4. The third kappa shape index (κ3) is 14.4. The lowest BCUT2D eigenvalue weighted by atomic mass is 10.1. The molecule has 160 valence electrons. The SMILES string of the molecule is CN(CC(=O)O)C(=O)CCC(C)(C)SCC(=O)NCCNC(=O)/C=C\CSO. The molecule has 0 radical (unpaired) electrons. The fourth-order valence-electron chi connectivity index (χ4n) is 1.92. The monoisotopic (exact) mass is 435 g/mol. The van der Waals surface area contributed by atoms with Crippen molar-refractivity contribution in [2.24, 2.45) is 0 Å². The van der Waals surface area contributed by atoms with Gasteiger partial charge in [-0.15, -0.1) is 11.8 Å². The van der Waals surface area contributed by atoms with Crippen LogP contribution in [-0.4, -0.2) is 81.2 Å². The third-order valence-electron chi connectivity index (χ3n) is 3.52. The molecule has 0 aromatic carbocycles. The highest BCUT2D eigenvalue weighted by atomic mass is 32.2. The third-order valence-corrected chi connectivity index (χ3v) is 5.25. The average Bonchev–Trinajstić information content (AvgIpc) is 2.61. The number of nitrogens with one attached hydrogen (secondary N) is 2. The zero-order chi connectivity index (χ0) is 21.6. The van der Waals surface area contributed by atoms with Gasteiger partial charge in [0.15, 0.2) is 0 Å². The second kappa shape index (κ2) is 14.3. The van der Waals surface area contributed by atoms with Crippen molar-refractivity contribution in [2.45, 2.75) is 31.4 Å². The van der Waals surface area contributed by atoms with Gasteiger partial charge in [0.25, 0.3) is 0 Å². The predicted molar refractivity (Wildman–Crippen MR) is 111 cm³/mol. The Bertz CT molecular complexity index is 569. The van der Waals surface area contributed by atoms with E-state index in [9.17, 15) is 19.2 Å². The number of carbonyl (C=O) groups excluding carboxylic acids is 3. The van der Waals surface area contributed by atoms with E-state index < -0.39 is 5.97 Å². The molecule has 0 bridgehead atoms. The maximum atomic E-state index is 11.9. The number of likely N-dealkylation sites (N-methyl/N-ethyl adjacent to an activating group) is 1. The van der Waals surface area contributed by atoms with Crippen molar-refractivity contribution in [1.82, 2.24) is 15.5 Å². The fourth-order valence-corrected chi connectivity index (χ4v) is 2.97. The van der Waals surface area contributed by atoms with Crippen LogP contribution in [0.3, 0.4) is 0 Å². The summed E-state index contributed by atoms with van der Waals surface area (Å²) in [5, 5.41) is 14.0. The normalized spacial score (nSPS) is 11.3. The maximum absolute atomic E-state index is 11.9. The summed E-state index contributed by atoms with van der Waals surface area (Å²) in [6, 6.07) is 0. The first kappa shape index (κ1) is 26.3. The topological polar surface area (TPSA) is 136 Å². The Kier molecular flexibility index (Phi) is 13.4. The first-order valence-electron chi connectivity index (χ1n) is 8.64. The molecular formula is C17H29N3O6S2. The van der Waals surface area contributed by atoms with Gasteiger partial charge in [0.1, 0.15) is 6.54 Å². The molecule has 0 unspecified atom stereocenters. The summed E-state index contributed by atoms with van der Waals surface area (Å²) in [5.41, 5.74) is 0. The molecule has 0 rings (SSSR count). The van der Waals surface area contributed by atoms with E-state index in [1.807, 2.05) is 13.8 Å². The van der Waals surface area contributed by atoms with Gasteiger partial charge in [0, 0.05) is 37.1 Å². The molecule has 3 amide bonds. The van der Waals surface area contributed by atoms with Crippen molar-refractivity contribution in [3.8, 4) is 0 Å². The molecule has 0 spiro atoms. The van der Waals surface area contributed by atoms with Gasteiger partial charge < -0.3 is 25.2 Å². The van der Waals surface area contributed by atoms with Crippen molar-refractivity contribution < 1.29 is 28.8 Å². The number of nitrogens with zero attached hydrogens (tertiary/aromatic N) is 1. The minimum atomic E-state index is -1.06. The minimum Gasteiger partial charge on any atom is -0.480 e. The summed E-state index contributed by atoms with van der Waals surface area (Å²) >= 11 is 2.03. The first-order chi connectivity index (χ1) is 13.1. The molecule has 0 aliphatic heterocycles. The molecule has 9 nitrogen and oxygen atoms in total. The van der Waals surface area contributed by atoms with Crippen LogP contribution >= 0.6 is 23.8 Å². The zero-order valence-corrected chi connectivity index (χ0v) is 18.0. The van der Waals surface area contributed by atoms with Gasteiger partial charge in [-0.25, -0.2) is 0 Å². The zero-order valence-electron chi connectivity index (χ0n) is 16.4. The lowest BCUT2D eigenvalue weighted by molar-refractivity contribution is -0.143. The van der Waals surface area contributed by atoms with Crippen LogP contribution in [0.4, 0.5) is 0 Å². The lowest BCUT2D eigenvalue weighted by Gasteiger charge is -2.24. The van der Waals surface area contributed by atoms with Crippen LogP contribution in [0.25, 0.3) is 0 Å². The van der Waals surface area contributed by atoms with E-state index in [1.54, 1.807) is 0 Å². The Morgan fingerprint density at radius 1 is 1.14 bits per heavy atom. The Labute approximate surface area is 173 Å². The highest BCUT2D eigenvalue weighted by Gasteiger charge is 2.22. The number of carbonyl (C=O) groups is 4. The highest BCUT2D eigenvalue weighted by molar-refractivity contribution is 8.01. The Balaban J connectivity index is 4.01. The number of rotatable bonds is 14. The molecule has 28 heavy (non-hydrogen) atoms. The molecule has 0 atom stereocenters. The molecule has 0 aromatic heterocycles. The summed E-state index contributed by atoms with van der Waals surface area (Å²) < 4.78 is 8.20. The summed E-state index contributed by atoms with van der Waals surface area (Å²) in [5.74, 6) is -1.22. The van der Waals surface area contributed by atoms with E-state index in [2.05, 4.69) is 10.6 Å². The van der Waals surface area contributed by atoms with E-state index in [-0.39, 0.29) is 41.2 Å². The van der Waals surface area contributed by atoms with Crippen molar-refractivity contribution in [3.63, 3.8) is 0 Å². The molecule has 4 N–H and O–H groups in total. The standard InChI is InChI=1S/C17H29N3O6S2/c1-17(2,7-6-15(23)20(3)11-16(24)25)27-12-14(22)19-9-8-18-13(21)5-4-10-28-26/h4-5,26H,6-12H2,1-3H3,(H,18,21)(H,19,22)(H,24,25)/b5-4-. The van der Waals surface area contributed by atoms with Crippen LogP contribution in [0.1, 0.15) is 26.7 Å². The summed E-state index contributed by atoms with van der Waals surface area (Å²) in [4.78, 5) is 47.0. The van der Waals surface area contributed by atoms with E-state index in [0.717, 1.165) is 0 Å². The summed E-state index contributed by atoms with van der Waals surface area (Å²) in [7, 11) is 1.45. The molecule has 0 heterocycles. The lowest BCUT2D eigenvalue weighted by Crippen LogP contribution is -2.36. The second-order valence-corrected chi connectivity index (χ2v) is 8.81. The number of hydrogen-bond acceptors (Lipinski definition) is 7. The van der Waals surface area contributed by atoms with Crippen LogP contribution in [0.2, 0.25) is 0 Å². The van der Waals surface area contributed by atoms with Gasteiger partial charge in [-0.05, 0) is 24.5 Å². The quantitative estimate of drug-likeness (QED) is 0.179. The highest BCUT2D eigenvalue weighted by Crippen LogP contribution is 2.29. The van der Waals surface area contributed by atoms with Crippen LogP contribution in [0, 0.1) is 0 Å². The van der Waals surface area contributed by atoms with Gasteiger partial charge in [-0.1, -0.05) is 19.9 Å². The number of carboxylic acids is 1. The second-order valence-electron chi connectivity index (χ2n) is 6.53. The fraction of sp³-hybridized carbons (Fsp3) is 0.647. The molecule has 0 saturated heterocycles. The van der Waals surface area contributed by atoms with Gasteiger partial charge >= 0.3 is 5.97 Å². The van der Waals surface area contributed by atoms with Crippen LogP contribution in [-0.2, 0) is 19.2 Å². The number of thioether (sulfide) groups is 1. The van der Waals surface area contributed by atoms with E-state index >= 15 is 0 Å². The van der Waals surface area contributed by atoms with Crippen LogP contribution < -0.4 is 10.6 Å². The van der Waals surface area contributed by atoms with Gasteiger partial charge in [-0.2, -0.15) is 0 Å². The van der Waals surface area contributed by atoms with E-state index in [0.29, 0.717) is 37.3 Å². The van der Waals surface area contributed by atoms with Gasteiger partial charge in [-0.3, -0.25) is 19.2 Å². The molecule has 0 fully saturated rings. The Hall–Kier alpha value is -1.72. The predicted octanol–water partition coefficient (Wildman–Crippen LogP) is 0.816.